The van der Waals surface area contributed by atoms with Gasteiger partial charge in [0.2, 0.25) is 15.9 Å². The number of hydrogen-bond acceptors (Lipinski definition) is 4. The number of amides is 1. The summed E-state index contributed by atoms with van der Waals surface area (Å²) in [5.41, 5.74) is 0.876. The molecular weight excluding hydrogens is 395 g/mol. The van der Waals surface area contributed by atoms with Crippen molar-refractivity contribution in [2.45, 2.75) is 36.5 Å². The van der Waals surface area contributed by atoms with Crippen LogP contribution in [0.4, 0.5) is 4.39 Å². The van der Waals surface area contributed by atoms with Gasteiger partial charge in [-0.2, -0.15) is 0 Å². The molecule has 2 aromatic carbocycles. The summed E-state index contributed by atoms with van der Waals surface area (Å²) in [6, 6.07) is 12.5. The van der Waals surface area contributed by atoms with Crippen LogP contribution in [0.25, 0.3) is 0 Å². The number of carbonyl (C=O) groups excluding carboxylic acids is 1. The van der Waals surface area contributed by atoms with Gasteiger partial charge in [-0.15, -0.1) is 0 Å². The fourth-order valence-electron chi connectivity index (χ4n) is 3.14. The average Bonchev–Trinajstić information content (AvgIpc) is 3.49. The minimum atomic E-state index is -3.69. The number of carbonyl (C=O) groups is 1. The van der Waals surface area contributed by atoms with Crippen LogP contribution in [0, 0.1) is 5.82 Å². The van der Waals surface area contributed by atoms with Gasteiger partial charge in [0.05, 0.1) is 11.5 Å². The summed E-state index contributed by atoms with van der Waals surface area (Å²) in [5.74, 6) is 0.0853. The second kappa shape index (κ2) is 8.92. The molecule has 1 amide bonds. The Balaban J connectivity index is 1.45. The summed E-state index contributed by atoms with van der Waals surface area (Å²) in [6.45, 7) is 2.82. The van der Waals surface area contributed by atoms with Gasteiger partial charge in [0.25, 0.3) is 0 Å². The number of hydrogen-bond donors (Lipinski definition) is 2. The van der Waals surface area contributed by atoms with Gasteiger partial charge < -0.3 is 10.1 Å². The third-order valence-electron chi connectivity index (χ3n) is 5.02. The molecule has 2 N–H and O–H groups in total. The molecule has 0 aromatic heterocycles. The fourth-order valence-corrected chi connectivity index (χ4v) is 4.17. The van der Waals surface area contributed by atoms with E-state index < -0.39 is 10.0 Å². The third-order valence-corrected chi connectivity index (χ3v) is 6.50. The molecule has 2 aromatic rings. The first-order valence-electron chi connectivity index (χ1n) is 9.60. The first-order valence-corrected chi connectivity index (χ1v) is 11.1. The minimum absolute atomic E-state index is 0.00489. The van der Waals surface area contributed by atoms with Crippen LogP contribution < -0.4 is 14.8 Å². The molecular formula is C21H25FN2O4S. The maximum Gasteiger partial charge on any atom is 0.240 e. The van der Waals surface area contributed by atoms with Gasteiger partial charge >= 0.3 is 0 Å². The highest BCUT2D eigenvalue weighted by Crippen LogP contribution is 2.47. The van der Waals surface area contributed by atoms with Crippen molar-refractivity contribution in [1.29, 1.82) is 0 Å². The highest BCUT2D eigenvalue weighted by atomic mass is 32.2. The second-order valence-corrected chi connectivity index (χ2v) is 8.88. The molecule has 6 nitrogen and oxygen atoms in total. The van der Waals surface area contributed by atoms with Gasteiger partial charge in [-0.05, 0) is 61.7 Å². The first kappa shape index (κ1) is 21.3. The molecule has 0 spiro atoms. The molecule has 1 fully saturated rings. The summed E-state index contributed by atoms with van der Waals surface area (Å²) in [4.78, 5) is 12.2. The molecule has 156 valence electrons. The van der Waals surface area contributed by atoms with Crippen molar-refractivity contribution < 1.29 is 22.3 Å². The van der Waals surface area contributed by atoms with Gasteiger partial charge in [-0.3, -0.25) is 4.79 Å². The zero-order valence-electron chi connectivity index (χ0n) is 16.3. The molecule has 1 aliphatic carbocycles. The Kier molecular flexibility index (Phi) is 6.54. The Morgan fingerprint density at radius 3 is 2.34 bits per heavy atom. The molecule has 29 heavy (non-hydrogen) atoms. The van der Waals surface area contributed by atoms with E-state index in [1.807, 2.05) is 6.92 Å². The lowest BCUT2D eigenvalue weighted by Crippen LogP contribution is -2.35. The van der Waals surface area contributed by atoms with E-state index in [-0.39, 0.29) is 35.0 Å². The number of rotatable bonds is 10. The van der Waals surface area contributed by atoms with E-state index in [4.69, 9.17) is 4.74 Å². The molecule has 8 heteroatoms. The topological polar surface area (TPSA) is 84.5 Å². The molecule has 0 heterocycles. The van der Waals surface area contributed by atoms with Crippen molar-refractivity contribution >= 4 is 15.9 Å². The molecule has 0 saturated heterocycles. The first-order chi connectivity index (χ1) is 13.8. The largest absolute Gasteiger partial charge is 0.494 e. The average molecular weight is 421 g/mol. The van der Waals surface area contributed by atoms with Gasteiger partial charge in [-0.25, -0.2) is 17.5 Å². The van der Waals surface area contributed by atoms with E-state index >= 15 is 0 Å². The lowest BCUT2D eigenvalue weighted by atomic mass is 9.96. The lowest BCUT2D eigenvalue weighted by Gasteiger charge is -2.16. The minimum Gasteiger partial charge on any atom is -0.494 e. The fraction of sp³-hybridized carbons (Fsp3) is 0.381. The number of ether oxygens (including phenoxy) is 1. The highest BCUT2D eigenvalue weighted by molar-refractivity contribution is 7.89. The predicted molar refractivity (Wildman–Crippen MR) is 108 cm³/mol. The predicted octanol–water partition coefficient (Wildman–Crippen LogP) is 2.74. The van der Waals surface area contributed by atoms with Crippen molar-refractivity contribution in [3.8, 4) is 5.75 Å². The molecule has 0 bridgehead atoms. The quantitative estimate of drug-likeness (QED) is 0.619. The summed E-state index contributed by atoms with van der Waals surface area (Å²) in [5, 5.41) is 2.86. The van der Waals surface area contributed by atoms with Crippen LogP contribution in [-0.2, 0) is 20.2 Å². The van der Waals surface area contributed by atoms with Crippen molar-refractivity contribution in [2.75, 3.05) is 19.7 Å². The lowest BCUT2D eigenvalue weighted by molar-refractivity contribution is -0.121. The molecule has 3 rings (SSSR count). The maximum atomic E-state index is 13.1. The third kappa shape index (κ3) is 5.55. The van der Waals surface area contributed by atoms with Gasteiger partial charge in [0, 0.05) is 24.9 Å². The van der Waals surface area contributed by atoms with Crippen LogP contribution in [0.15, 0.2) is 53.4 Å². The molecule has 1 aliphatic rings. The normalized spacial score (nSPS) is 15.0. The van der Waals surface area contributed by atoms with Crippen molar-refractivity contribution in [1.82, 2.24) is 10.0 Å². The summed E-state index contributed by atoms with van der Waals surface area (Å²) in [7, 11) is -3.69. The Bertz CT molecular complexity index is 940. The zero-order valence-corrected chi connectivity index (χ0v) is 17.1. The SMILES string of the molecule is CCOc1ccc(S(=O)(=O)NCCC(=O)NCC2(c3ccc(F)cc3)CC2)cc1. The smallest absolute Gasteiger partial charge is 0.240 e. The Morgan fingerprint density at radius 2 is 1.76 bits per heavy atom. The van der Waals surface area contributed by atoms with Gasteiger partial charge in [-0.1, -0.05) is 12.1 Å². The van der Waals surface area contributed by atoms with E-state index in [1.54, 1.807) is 24.3 Å². The van der Waals surface area contributed by atoms with Crippen LogP contribution in [0.5, 0.6) is 5.75 Å². The summed E-state index contributed by atoms with van der Waals surface area (Å²) in [6.07, 6.45) is 1.91. The Morgan fingerprint density at radius 1 is 1.10 bits per heavy atom. The van der Waals surface area contributed by atoms with E-state index in [0.717, 1.165) is 18.4 Å². The monoisotopic (exact) mass is 420 g/mol. The van der Waals surface area contributed by atoms with Gasteiger partial charge in [0.1, 0.15) is 11.6 Å². The van der Waals surface area contributed by atoms with Gasteiger partial charge in [0.15, 0.2) is 0 Å². The maximum absolute atomic E-state index is 13.1. The van der Waals surface area contributed by atoms with E-state index in [2.05, 4.69) is 10.0 Å². The molecule has 0 aliphatic heterocycles. The van der Waals surface area contributed by atoms with Crippen molar-refractivity contribution in [3.05, 3.63) is 59.9 Å². The molecule has 0 radical (unpaired) electrons. The van der Waals surface area contributed by atoms with Crippen molar-refractivity contribution in [2.24, 2.45) is 0 Å². The van der Waals surface area contributed by atoms with Crippen LogP contribution in [0.1, 0.15) is 31.7 Å². The molecule has 0 unspecified atom stereocenters. The number of nitrogens with one attached hydrogen (secondary N) is 2. The molecule has 0 atom stereocenters. The second-order valence-electron chi connectivity index (χ2n) is 7.12. The Labute approximate surface area is 170 Å². The van der Waals surface area contributed by atoms with Crippen LogP contribution >= 0.6 is 0 Å². The van der Waals surface area contributed by atoms with Crippen LogP contribution in [-0.4, -0.2) is 34.0 Å². The molecule has 1 saturated carbocycles. The number of benzene rings is 2. The van der Waals surface area contributed by atoms with E-state index in [0.29, 0.717) is 18.9 Å². The van der Waals surface area contributed by atoms with Crippen LogP contribution in [0.3, 0.4) is 0 Å². The van der Waals surface area contributed by atoms with E-state index in [1.165, 1.54) is 24.3 Å². The van der Waals surface area contributed by atoms with Crippen molar-refractivity contribution in [3.63, 3.8) is 0 Å². The standard InChI is InChI=1S/C21H25FN2O4S/c1-2-28-18-7-9-19(10-8-18)29(26,27)24-14-11-20(25)23-15-21(12-13-21)16-3-5-17(22)6-4-16/h3-10,24H,2,11-15H2,1H3,(H,23,25). The highest BCUT2D eigenvalue weighted by Gasteiger charge is 2.44. The van der Waals surface area contributed by atoms with E-state index in [9.17, 15) is 17.6 Å². The Hall–Kier alpha value is -2.45. The zero-order chi connectivity index (χ0) is 20.9. The number of sulfonamides is 1. The number of halogens is 1. The summed E-state index contributed by atoms with van der Waals surface area (Å²) >= 11 is 0. The summed E-state index contributed by atoms with van der Waals surface area (Å²) < 4.78 is 45.4. The van der Waals surface area contributed by atoms with Crippen LogP contribution in [0.2, 0.25) is 0 Å².